The molecule has 1 aromatic heterocycles. The van der Waals surface area contributed by atoms with Crippen LogP contribution < -0.4 is 15.0 Å². The summed E-state index contributed by atoms with van der Waals surface area (Å²) in [7, 11) is 1.52. The number of carbonyl (C=O) groups is 1. The first kappa shape index (κ1) is 17.6. The maximum Gasteiger partial charge on any atom is 0.412 e. The van der Waals surface area contributed by atoms with Crippen molar-refractivity contribution in [3.05, 3.63) is 66.2 Å². The van der Waals surface area contributed by atoms with Gasteiger partial charge in [0.2, 0.25) is 5.95 Å². The molecular weight excluding hydrogens is 371 g/mol. The minimum Gasteiger partial charge on any atom is -0.410 e. The third-order valence-corrected chi connectivity index (χ3v) is 5.62. The standard InChI is InChI=1S/C22H19FN4O2/c1-24-21(28)29-15-6-7-17-19(10-15)27(13-22(17)8-9-22)20-25-11-14(12-26-20)16-4-2-3-5-18(16)23/h2-7,10-12H,8-9,13H2,1H3,(H,24,28). The Hall–Kier alpha value is -3.48. The van der Waals surface area contributed by atoms with Crippen molar-refractivity contribution in [3.63, 3.8) is 0 Å². The number of carbonyl (C=O) groups excluding carboxylic acids is 1. The molecule has 1 aliphatic carbocycles. The Morgan fingerprint density at radius 1 is 1.17 bits per heavy atom. The van der Waals surface area contributed by atoms with Crippen molar-refractivity contribution in [2.75, 3.05) is 18.5 Å². The van der Waals surface area contributed by atoms with E-state index in [9.17, 15) is 9.18 Å². The van der Waals surface area contributed by atoms with Crippen LogP contribution in [-0.2, 0) is 5.41 Å². The normalized spacial score (nSPS) is 15.9. The molecule has 1 saturated carbocycles. The average Bonchev–Trinajstić information content (AvgIpc) is 3.45. The second-order valence-corrected chi connectivity index (χ2v) is 7.44. The molecule has 1 fully saturated rings. The number of benzene rings is 2. The quantitative estimate of drug-likeness (QED) is 0.727. The van der Waals surface area contributed by atoms with Gasteiger partial charge < -0.3 is 15.0 Å². The van der Waals surface area contributed by atoms with E-state index in [4.69, 9.17) is 4.74 Å². The number of ether oxygens (including phenoxy) is 1. The second-order valence-electron chi connectivity index (χ2n) is 7.44. The zero-order chi connectivity index (χ0) is 20.0. The molecule has 1 spiro atoms. The van der Waals surface area contributed by atoms with Crippen molar-refractivity contribution in [2.24, 2.45) is 0 Å². The van der Waals surface area contributed by atoms with E-state index >= 15 is 0 Å². The minimum absolute atomic E-state index is 0.119. The number of halogens is 1. The lowest BCUT2D eigenvalue weighted by atomic mass is 9.99. The molecule has 6 nitrogen and oxygen atoms in total. The number of hydrogen-bond acceptors (Lipinski definition) is 5. The molecule has 5 rings (SSSR count). The van der Waals surface area contributed by atoms with E-state index in [0.29, 0.717) is 22.8 Å². The summed E-state index contributed by atoms with van der Waals surface area (Å²) in [6.45, 7) is 0.783. The van der Waals surface area contributed by atoms with Crippen molar-refractivity contribution in [3.8, 4) is 16.9 Å². The molecule has 2 aliphatic rings. The van der Waals surface area contributed by atoms with Gasteiger partial charge in [0.05, 0.1) is 5.69 Å². The van der Waals surface area contributed by atoms with Crippen molar-refractivity contribution in [1.82, 2.24) is 15.3 Å². The van der Waals surface area contributed by atoms with E-state index in [1.54, 1.807) is 30.6 Å². The number of fused-ring (bicyclic) bond motifs is 2. The maximum absolute atomic E-state index is 14.0. The third-order valence-electron chi connectivity index (χ3n) is 5.62. The lowest BCUT2D eigenvalue weighted by Gasteiger charge is -2.18. The van der Waals surface area contributed by atoms with Gasteiger partial charge in [-0.05, 0) is 30.5 Å². The molecule has 1 aliphatic heterocycles. The molecule has 3 aromatic rings. The smallest absolute Gasteiger partial charge is 0.410 e. The Bertz CT molecular complexity index is 1100. The van der Waals surface area contributed by atoms with Crippen LogP contribution in [0.4, 0.5) is 20.8 Å². The third kappa shape index (κ3) is 2.99. The molecule has 0 radical (unpaired) electrons. The Morgan fingerprint density at radius 2 is 1.93 bits per heavy atom. The number of nitrogens with one attached hydrogen (secondary N) is 1. The number of hydrogen-bond donors (Lipinski definition) is 1. The summed E-state index contributed by atoms with van der Waals surface area (Å²) in [6, 6.07) is 12.3. The summed E-state index contributed by atoms with van der Waals surface area (Å²) in [6.07, 6.45) is 4.99. The number of rotatable bonds is 3. The van der Waals surface area contributed by atoms with Gasteiger partial charge in [-0.25, -0.2) is 19.2 Å². The number of amides is 1. The summed E-state index contributed by atoms with van der Waals surface area (Å²) in [5, 5.41) is 2.45. The lowest BCUT2D eigenvalue weighted by molar-refractivity contribution is 0.203. The van der Waals surface area contributed by atoms with Crippen LogP contribution in [0.1, 0.15) is 18.4 Å². The Balaban J connectivity index is 1.49. The number of aromatic nitrogens is 2. The van der Waals surface area contributed by atoms with Gasteiger partial charge in [-0.3, -0.25) is 0 Å². The molecule has 0 unspecified atom stereocenters. The maximum atomic E-state index is 14.0. The lowest BCUT2D eigenvalue weighted by Crippen LogP contribution is -2.22. The van der Waals surface area contributed by atoms with Gasteiger partial charge in [-0.2, -0.15) is 0 Å². The average molecular weight is 390 g/mol. The Kier molecular flexibility index (Phi) is 3.97. The summed E-state index contributed by atoms with van der Waals surface area (Å²) in [5.41, 5.74) is 3.39. The highest BCUT2D eigenvalue weighted by molar-refractivity contribution is 5.75. The van der Waals surface area contributed by atoms with Crippen LogP contribution >= 0.6 is 0 Å². The fourth-order valence-corrected chi connectivity index (χ4v) is 3.93. The fourth-order valence-electron chi connectivity index (χ4n) is 3.93. The van der Waals surface area contributed by atoms with Crippen LogP contribution in [0.15, 0.2) is 54.9 Å². The largest absolute Gasteiger partial charge is 0.412 e. The van der Waals surface area contributed by atoms with E-state index in [1.165, 1.54) is 18.7 Å². The van der Waals surface area contributed by atoms with Gasteiger partial charge in [-0.15, -0.1) is 0 Å². The molecule has 7 heteroatoms. The Labute approximate surface area is 167 Å². The summed E-state index contributed by atoms with van der Waals surface area (Å²) in [4.78, 5) is 22.6. The molecule has 0 saturated heterocycles. The van der Waals surface area contributed by atoms with Crippen molar-refractivity contribution < 1.29 is 13.9 Å². The molecule has 2 heterocycles. The van der Waals surface area contributed by atoms with Gasteiger partial charge in [0.25, 0.3) is 0 Å². The first-order valence-electron chi connectivity index (χ1n) is 9.48. The van der Waals surface area contributed by atoms with Crippen LogP contribution in [0, 0.1) is 5.82 Å². The predicted molar refractivity (Wildman–Crippen MR) is 107 cm³/mol. The van der Waals surface area contributed by atoms with E-state index in [1.807, 2.05) is 23.1 Å². The van der Waals surface area contributed by atoms with Crippen molar-refractivity contribution in [2.45, 2.75) is 18.3 Å². The monoisotopic (exact) mass is 390 g/mol. The highest BCUT2D eigenvalue weighted by Gasteiger charge is 2.52. The van der Waals surface area contributed by atoms with Gasteiger partial charge >= 0.3 is 6.09 Å². The fraction of sp³-hybridized carbons (Fsp3) is 0.227. The van der Waals surface area contributed by atoms with E-state index in [-0.39, 0.29) is 11.2 Å². The number of nitrogens with zero attached hydrogens (tertiary/aromatic N) is 3. The van der Waals surface area contributed by atoms with Crippen LogP contribution in [0.3, 0.4) is 0 Å². The summed E-state index contributed by atoms with van der Waals surface area (Å²) >= 11 is 0. The van der Waals surface area contributed by atoms with E-state index in [0.717, 1.165) is 25.1 Å². The Morgan fingerprint density at radius 3 is 2.62 bits per heavy atom. The summed E-state index contributed by atoms with van der Waals surface area (Å²) in [5.74, 6) is 0.712. The topological polar surface area (TPSA) is 67.3 Å². The van der Waals surface area contributed by atoms with Crippen molar-refractivity contribution in [1.29, 1.82) is 0 Å². The molecule has 0 atom stereocenters. The van der Waals surface area contributed by atoms with Crippen LogP contribution in [0.2, 0.25) is 0 Å². The van der Waals surface area contributed by atoms with E-state index in [2.05, 4.69) is 15.3 Å². The zero-order valence-corrected chi connectivity index (χ0v) is 15.9. The number of anilines is 2. The van der Waals surface area contributed by atoms with E-state index < -0.39 is 6.09 Å². The SMILES string of the molecule is CNC(=O)Oc1ccc2c(c1)N(c1ncc(-c3ccccc3F)cn1)CC21CC1. The minimum atomic E-state index is -0.513. The molecule has 1 N–H and O–H groups in total. The molecular formula is C22H19FN4O2. The predicted octanol–water partition coefficient (Wildman–Crippen LogP) is 4.18. The van der Waals surface area contributed by atoms with Crippen LogP contribution in [-0.4, -0.2) is 29.7 Å². The second kappa shape index (κ2) is 6.55. The highest BCUT2D eigenvalue weighted by atomic mass is 19.1. The molecule has 146 valence electrons. The first-order chi connectivity index (χ1) is 14.1. The van der Waals surface area contributed by atoms with Gasteiger partial charge in [0.15, 0.2) is 0 Å². The van der Waals surface area contributed by atoms with Gasteiger partial charge in [-0.1, -0.05) is 24.3 Å². The van der Waals surface area contributed by atoms with Crippen molar-refractivity contribution >= 4 is 17.7 Å². The highest BCUT2D eigenvalue weighted by Crippen LogP contribution is 2.58. The molecule has 0 bridgehead atoms. The summed E-state index contributed by atoms with van der Waals surface area (Å²) < 4.78 is 19.3. The first-order valence-corrected chi connectivity index (χ1v) is 9.48. The van der Waals surface area contributed by atoms with Gasteiger partial charge in [0.1, 0.15) is 11.6 Å². The molecule has 1 amide bonds. The van der Waals surface area contributed by atoms with Crippen LogP contribution in [0.5, 0.6) is 5.75 Å². The van der Waals surface area contributed by atoms with Gasteiger partial charge in [0, 0.05) is 48.6 Å². The zero-order valence-electron chi connectivity index (χ0n) is 15.9. The van der Waals surface area contributed by atoms with Crippen LogP contribution in [0.25, 0.3) is 11.1 Å². The molecule has 2 aromatic carbocycles. The molecule has 29 heavy (non-hydrogen) atoms.